The molecule has 0 amide bonds. The second kappa shape index (κ2) is 14.6. The van der Waals surface area contributed by atoms with Gasteiger partial charge in [0.15, 0.2) is 11.8 Å². The van der Waals surface area contributed by atoms with Crippen LogP contribution < -0.4 is 9.64 Å². The Balaban J connectivity index is 1.21. The first-order valence-corrected chi connectivity index (χ1v) is 23.5. The van der Waals surface area contributed by atoms with Crippen molar-refractivity contribution in [2.75, 3.05) is 66.0 Å². The van der Waals surface area contributed by atoms with Crippen LogP contribution in [0.15, 0.2) is 66.7 Å². The lowest BCUT2D eigenvalue weighted by atomic mass is 9.49. The number of rotatable bonds is 8. The Bertz CT molecular complexity index is 2760. The Morgan fingerprint density at radius 1 is 0.955 bits per heavy atom. The summed E-state index contributed by atoms with van der Waals surface area (Å²) in [5.41, 5.74) is -0.983. The number of methoxy groups -OCH3 is 3. The van der Waals surface area contributed by atoms with Gasteiger partial charge < -0.3 is 38.7 Å². The molecule has 1 aromatic heterocycles. The molecule has 3 saturated heterocycles. The molecule has 0 radical (unpaired) electrons. The summed E-state index contributed by atoms with van der Waals surface area (Å²) < 4.78 is 46.3. The van der Waals surface area contributed by atoms with Gasteiger partial charge in [0.1, 0.15) is 17.0 Å². The Kier molecular flexibility index (Phi) is 9.58. The third kappa shape index (κ3) is 5.27. The van der Waals surface area contributed by atoms with Crippen molar-refractivity contribution < 1.29 is 47.6 Å². The number of hydrogen-bond acceptors (Lipinski definition) is 12. The van der Waals surface area contributed by atoms with Gasteiger partial charge >= 0.3 is 17.9 Å². The number of anilines is 1. The van der Waals surface area contributed by atoms with E-state index in [1.165, 1.54) is 33.3 Å². The van der Waals surface area contributed by atoms with Gasteiger partial charge in [-0.3, -0.25) is 19.4 Å². The summed E-state index contributed by atoms with van der Waals surface area (Å²) in [6.07, 6.45) is 6.24. The Labute approximate surface area is 384 Å². The minimum atomic E-state index is -1.70. The normalized spacial score (nSPS) is 35.9. The fraction of sp³-hybridized carbons (Fsp3) is 0.519. The van der Waals surface area contributed by atoms with E-state index in [1.807, 2.05) is 43.1 Å². The molecular formula is C52H59FN4O9. The molecule has 1 aliphatic carbocycles. The summed E-state index contributed by atoms with van der Waals surface area (Å²) in [6, 6.07) is 16.4. The van der Waals surface area contributed by atoms with E-state index < -0.39 is 57.2 Å². The SMILES string of the molecule is CC[C@]1(O)C[C@H]2CN(CCc3c([nH]c4ccc(-c5cccc(F)c5)cc34)[C@@](C(=O)OC)(c3cc4c(cc3OC)N(C)[C@@]35O[C@]3(C(=O)OC)[C@H](OC(C)=O)[C@]3(CC)C=CCN6CC[C@]45[C@@H]63)C2)C1. The van der Waals surface area contributed by atoms with Crippen molar-refractivity contribution >= 4 is 34.5 Å². The number of benzene rings is 3. The number of H-pyrrole nitrogens is 1. The first-order chi connectivity index (χ1) is 31.7. The van der Waals surface area contributed by atoms with Crippen LogP contribution in [0.2, 0.25) is 0 Å². The topological polar surface area (TPSA) is 146 Å². The summed E-state index contributed by atoms with van der Waals surface area (Å²) in [7, 11) is 6.30. The van der Waals surface area contributed by atoms with E-state index in [0.717, 1.165) is 38.8 Å². The van der Waals surface area contributed by atoms with Gasteiger partial charge in [0.2, 0.25) is 0 Å². The highest BCUT2D eigenvalue weighted by Crippen LogP contribution is 2.80. The number of aromatic nitrogens is 1. The molecule has 2 bridgehead atoms. The molecule has 2 spiro atoms. The predicted octanol–water partition coefficient (Wildman–Crippen LogP) is 6.16. The summed E-state index contributed by atoms with van der Waals surface area (Å²) in [4.78, 5) is 54.1. The van der Waals surface area contributed by atoms with Crippen molar-refractivity contribution in [3.05, 3.63) is 95.0 Å². The smallest absolute Gasteiger partial charge is 0.347 e. The lowest BCUT2D eigenvalue weighted by Gasteiger charge is -2.58. The number of fused-ring (bicyclic) bond motifs is 6. The van der Waals surface area contributed by atoms with Crippen molar-refractivity contribution in [1.82, 2.24) is 14.8 Å². The number of nitrogens with zero attached hydrogens (tertiary/aromatic N) is 3. The summed E-state index contributed by atoms with van der Waals surface area (Å²) in [5.74, 6) is -1.64. The molecule has 14 heteroatoms. The van der Waals surface area contributed by atoms with Crippen LogP contribution in [-0.4, -0.2) is 128 Å². The van der Waals surface area contributed by atoms with Crippen LogP contribution >= 0.6 is 0 Å². The van der Waals surface area contributed by atoms with Gasteiger partial charge in [-0.15, -0.1) is 0 Å². The van der Waals surface area contributed by atoms with Crippen LogP contribution in [0.1, 0.15) is 75.3 Å². The second-order valence-electron chi connectivity index (χ2n) is 20.1. The molecule has 4 fully saturated rings. The average molecular weight is 903 g/mol. The number of piperidine rings is 1. The standard InChI is InChI=1S/C52H59FN4O9/c1-8-47(61)26-31-27-49(45(59)63-6,42-35(16-20-56(28-31)29-47)36-23-33(14-15-39(36)54-42)32-12-10-13-34(53)22-32)38-24-37-40(25-41(38)62-5)55(4)52-50(37)18-21-57-19-11-17-48(9-2,43(50)57)44(65-30(3)58)51(52,66-52)46(60)64-7/h10-15,17,22-25,31,43-44,54,61H,8-9,16,18-21,26-29H2,1-7H3/t31-,43+,44-,47+,48-,49+,50-,51+,52+/m1/s1. The maximum atomic E-state index is 15.6. The highest BCUT2D eigenvalue weighted by molar-refractivity contribution is 5.97. The van der Waals surface area contributed by atoms with Crippen LogP contribution in [0.25, 0.3) is 22.0 Å². The lowest BCUT2D eigenvalue weighted by molar-refractivity contribution is -0.178. The fourth-order valence-corrected chi connectivity index (χ4v) is 14.8. The zero-order valence-corrected chi connectivity index (χ0v) is 38.8. The van der Waals surface area contributed by atoms with Crippen LogP contribution in [0.4, 0.5) is 10.1 Å². The third-order valence-corrected chi connectivity index (χ3v) is 17.3. The molecule has 1 unspecified atom stereocenters. The molecule has 1 saturated carbocycles. The number of epoxide rings is 1. The molecule has 2 N–H and O–H groups in total. The zero-order valence-electron chi connectivity index (χ0n) is 38.8. The summed E-state index contributed by atoms with van der Waals surface area (Å²) >= 11 is 0. The number of likely N-dealkylation sites (N-methyl/N-ethyl adjacent to an activating group) is 1. The van der Waals surface area contributed by atoms with Gasteiger partial charge in [-0.2, -0.15) is 0 Å². The van der Waals surface area contributed by atoms with Gasteiger partial charge in [-0.1, -0.05) is 44.2 Å². The summed E-state index contributed by atoms with van der Waals surface area (Å²) in [6.45, 7) is 8.60. The van der Waals surface area contributed by atoms with E-state index in [9.17, 15) is 19.1 Å². The number of ether oxygens (including phenoxy) is 5. The average Bonchev–Trinajstić information content (AvgIpc) is 3.56. The minimum Gasteiger partial charge on any atom is -0.496 e. The van der Waals surface area contributed by atoms with E-state index in [4.69, 9.17) is 23.7 Å². The van der Waals surface area contributed by atoms with Crippen molar-refractivity contribution in [1.29, 1.82) is 0 Å². The number of aliphatic hydroxyl groups is 1. The Morgan fingerprint density at radius 3 is 2.45 bits per heavy atom. The molecule has 6 aliphatic heterocycles. The molecule has 10 atom stereocenters. The molecular weight excluding hydrogens is 844 g/mol. The number of esters is 3. The van der Waals surface area contributed by atoms with Crippen LogP contribution in [0, 0.1) is 17.2 Å². The van der Waals surface area contributed by atoms with Gasteiger partial charge in [-0.05, 0) is 104 Å². The van der Waals surface area contributed by atoms with Crippen LogP contribution in [-0.2, 0) is 50.6 Å². The zero-order chi connectivity index (χ0) is 46.3. The highest BCUT2D eigenvalue weighted by atomic mass is 19.1. The van der Waals surface area contributed by atoms with Crippen molar-refractivity contribution in [3.63, 3.8) is 0 Å². The molecule has 11 rings (SSSR count). The minimum absolute atomic E-state index is 0.149. The highest BCUT2D eigenvalue weighted by Gasteiger charge is 2.98. The third-order valence-electron chi connectivity index (χ3n) is 17.3. The van der Waals surface area contributed by atoms with Crippen LogP contribution in [0.5, 0.6) is 5.75 Å². The number of aromatic amines is 1. The Morgan fingerprint density at radius 2 is 1.74 bits per heavy atom. The first-order valence-electron chi connectivity index (χ1n) is 23.5. The monoisotopic (exact) mass is 902 g/mol. The lowest BCUT2D eigenvalue weighted by Crippen LogP contribution is -2.75. The van der Waals surface area contributed by atoms with E-state index in [0.29, 0.717) is 81.8 Å². The van der Waals surface area contributed by atoms with E-state index in [-0.39, 0.29) is 24.2 Å². The van der Waals surface area contributed by atoms with Gasteiger partial charge in [-0.25, -0.2) is 9.18 Å². The number of carbonyl (C=O) groups excluding carboxylic acids is 3. The first kappa shape index (κ1) is 43.3. The van der Waals surface area contributed by atoms with E-state index >= 15 is 4.79 Å². The quantitative estimate of drug-likeness (QED) is 0.0904. The molecule has 66 heavy (non-hydrogen) atoms. The molecule has 348 valence electrons. The van der Waals surface area contributed by atoms with Crippen LogP contribution in [0.3, 0.4) is 0 Å². The second-order valence-corrected chi connectivity index (χ2v) is 20.1. The van der Waals surface area contributed by atoms with Crippen molar-refractivity contribution in [2.24, 2.45) is 11.3 Å². The molecule has 4 aromatic rings. The van der Waals surface area contributed by atoms with Gasteiger partial charge in [0, 0.05) is 85.5 Å². The maximum Gasteiger partial charge on any atom is 0.347 e. The predicted molar refractivity (Wildman–Crippen MR) is 244 cm³/mol. The van der Waals surface area contributed by atoms with Gasteiger partial charge in [0.25, 0.3) is 5.60 Å². The fourth-order valence-electron chi connectivity index (χ4n) is 14.8. The van der Waals surface area contributed by atoms with Gasteiger partial charge in [0.05, 0.1) is 32.3 Å². The molecule has 3 aromatic carbocycles. The molecule has 7 heterocycles. The number of hydrogen-bond donors (Lipinski definition) is 2. The van der Waals surface area contributed by atoms with E-state index in [1.54, 1.807) is 13.2 Å². The van der Waals surface area contributed by atoms with Crippen molar-refractivity contribution in [2.45, 2.75) is 99.2 Å². The van der Waals surface area contributed by atoms with Crippen molar-refractivity contribution in [3.8, 4) is 16.9 Å². The molecule has 7 aliphatic rings. The Hall–Kier alpha value is -5.28. The number of nitrogens with one attached hydrogen (secondary N) is 1. The largest absolute Gasteiger partial charge is 0.496 e. The maximum absolute atomic E-state index is 15.6. The summed E-state index contributed by atoms with van der Waals surface area (Å²) in [5, 5.41) is 13.1. The molecule has 13 nitrogen and oxygen atoms in total. The number of carbonyl (C=O) groups is 3. The number of halogens is 1. The van der Waals surface area contributed by atoms with E-state index in [2.05, 4.69) is 46.0 Å².